The van der Waals surface area contributed by atoms with E-state index in [1.165, 1.54) is 12.8 Å². The Morgan fingerprint density at radius 2 is 2.05 bits per heavy atom. The van der Waals surface area contributed by atoms with Gasteiger partial charge in [-0.15, -0.1) is 0 Å². The van der Waals surface area contributed by atoms with E-state index in [2.05, 4.69) is 24.0 Å². The topological polar surface area (TPSA) is 47.1 Å². The van der Waals surface area contributed by atoms with Crippen molar-refractivity contribution < 1.29 is 4.39 Å². The number of nitrogen functional groups attached to an aromatic ring is 1. The third-order valence-electron chi connectivity index (χ3n) is 4.76. The van der Waals surface area contributed by atoms with Crippen LogP contribution >= 0.6 is 22.6 Å². The molecule has 1 aliphatic carbocycles. The van der Waals surface area contributed by atoms with Gasteiger partial charge >= 0.3 is 0 Å². The molecule has 0 bridgehead atoms. The molecule has 0 saturated heterocycles. The van der Waals surface area contributed by atoms with Gasteiger partial charge in [-0.25, -0.2) is 9.37 Å². The van der Waals surface area contributed by atoms with Crippen LogP contribution in [0.4, 0.5) is 10.3 Å². The lowest BCUT2D eigenvalue weighted by Crippen LogP contribution is -2.45. The van der Waals surface area contributed by atoms with Crippen LogP contribution in [0.1, 0.15) is 25.7 Å². The van der Waals surface area contributed by atoms with E-state index in [-0.39, 0.29) is 11.4 Å². The molecule has 1 aromatic carbocycles. The Kier molecular flexibility index (Phi) is 3.85. The largest absolute Gasteiger partial charge is 0.369 e. The molecule has 2 N–H and O–H groups in total. The molecule has 4 nitrogen and oxygen atoms in total. The molecule has 21 heavy (non-hydrogen) atoms. The number of nitrogens with zero attached hydrogens (tertiary/aromatic N) is 3. The molecular formula is C15H20FIN4. The van der Waals surface area contributed by atoms with Gasteiger partial charge in [-0.3, -0.25) is 0 Å². The number of hydrogen-bond acceptors (Lipinski definition) is 3. The Balaban J connectivity index is 2.08. The van der Waals surface area contributed by atoms with Crippen molar-refractivity contribution in [2.24, 2.45) is 0 Å². The van der Waals surface area contributed by atoms with Crippen LogP contribution in [0, 0.1) is 9.39 Å². The van der Waals surface area contributed by atoms with Gasteiger partial charge in [0.05, 0.1) is 14.6 Å². The quantitative estimate of drug-likeness (QED) is 0.803. The van der Waals surface area contributed by atoms with Crippen molar-refractivity contribution in [3.8, 4) is 0 Å². The summed E-state index contributed by atoms with van der Waals surface area (Å²) in [5.41, 5.74) is 7.76. The van der Waals surface area contributed by atoms with Gasteiger partial charge in [0, 0.05) is 18.2 Å². The molecule has 1 aromatic heterocycles. The number of fused-ring (bicyclic) bond motifs is 1. The van der Waals surface area contributed by atoms with Crippen molar-refractivity contribution in [1.29, 1.82) is 0 Å². The molecule has 0 atom stereocenters. The predicted octanol–water partition coefficient (Wildman–Crippen LogP) is 3.24. The number of imidazole rings is 1. The summed E-state index contributed by atoms with van der Waals surface area (Å²) in [5, 5.41) is 0. The summed E-state index contributed by atoms with van der Waals surface area (Å²) in [5.74, 6) is 0.258. The second-order valence-electron chi connectivity index (χ2n) is 6.14. The molecule has 0 amide bonds. The van der Waals surface area contributed by atoms with Crippen molar-refractivity contribution in [2.45, 2.75) is 37.8 Å². The first-order valence-corrected chi connectivity index (χ1v) is 8.29. The highest BCUT2D eigenvalue weighted by molar-refractivity contribution is 14.1. The Bertz CT molecular complexity index is 674. The number of likely N-dealkylation sites (N-methyl/N-ethyl adjacent to an activating group) is 1. The summed E-state index contributed by atoms with van der Waals surface area (Å²) in [4.78, 5) is 6.68. The standard InChI is InChI=1S/C15H20FIN4/c1-20(2)15(5-3-4-6-15)9-21-13-7-10(16)11(17)8-12(13)19-14(21)18/h7-8H,3-6,9H2,1-2H3,(H2,18,19). The van der Waals surface area contributed by atoms with Gasteiger partial charge in [-0.05, 0) is 55.6 Å². The summed E-state index contributed by atoms with van der Waals surface area (Å²) < 4.78 is 16.5. The Hall–Kier alpha value is -0.890. The third kappa shape index (κ3) is 2.52. The lowest BCUT2D eigenvalue weighted by molar-refractivity contribution is 0.136. The second-order valence-corrected chi connectivity index (χ2v) is 7.30. The van der Waals surface area contributed by atoms with Gasteiger partial charge in [-0.2, -0.15) is 0 Å². The van der Waals surface area contributed by atoms with E-state index >= 15 is 0 Å². The van der Waals surface area contributed by atoms with E-state index in [1.807, 2.05) is 27.2 Å². The number of hydrogen-bond donors (Lipinski definition) is 1. The first-order valence-electron chi connectivity index (χ1n) is 7.21. The minimum atomic E-state index is -0.213. The van der Waals surface area contributed by atoms with E-state index in [0.29, 0.717) is 9.52 Å². The number of benzene rings is 1. The molecule has 1 fully saturated rings. The first-order chi connectivity index (χ1) is 9.93. The van der Waals surface area contributed by atoms with E-state index in [9.17, 15) is 4.39 Å². The maximum absolute atomic E-state index is 13.9. The summed E-state index contributed by atoms with van der Waals surface area (Å²) in [6, 6.07) is 3.31. The van der Waals surface area contributed by atoms with Crippen molar-refractivity contribution in [1.82, 2.24) is 14.5 Å². The Labute approximate surface area is 137 Å². The van der Waals surface area contributed by atoms with Crippen LogP contribution in [-0.2, 0) is 6.54 Å². The van der Waals surface area contributed by atoms with Gasteiger partial charge < -0.3 is 15.2 Å². The zero-order chi connectivity index (χ0) is 15.2. The van der Waals surface area contributed by atoms with Gasteiger partial charge in [0.2, 0.25) is 5.95 Å². The Morgan fingerprint density at radius 1 is 1.38 bits per heavy atom. The first kappa shape index (κ1) is 15.0. The minimum Gasteiger partial charge on any atom is -0.369 e. The lowest BCUT2D eigenvalue weighted by atomic mass is 9.96. The summed E-state index contributed by atoms with van der Waals surface area (Å²) in [7, 11) is 4.23. The monoisotopic (exact) mass is 402 g/mol. The lowest BCUT2D eigenvalue weighted by Gasteiger charge is -2.37. The summed E-state index contributed by atoms with van der Waals surface area (Å²) in [6.07, 6.45) is 4.76. The fourth-order valence-corrected chi connectivity index (χ4v) is 3.83. The number of rotatable bonds is 3. The molecule has 0 aliphatic heterocycles. The van der Waals surface area contributed by atoms with Crippen LogP contribution in [0.25, 0.3) is 11.0 Å². The average molecular weight is 402 g/mol. The number of halogens is 2. The van der Waals surface area contributed by atoms with Crippen LogP contribution < -0.4 is 5.73 Å². The van der Waals surface area contributed by atoms with Crippen LogP contribution in [-0.4, -0.2) is 34.1 Å². The van der Waals surface area contributed by atoms with Gasteiger partial charge in [0.25, 0.3) is 0 Å². The minimum absolute atomic E-state index is 0.0984. The van der Waals surface area contributed by atoms with Crippen LogP contribution in [0.2, 0.25) is 0 Å². The zero-order valence-electron chi connectivity index (χ0n) is 12.4. The fourth-order valence-electron chi connectivity index (χ4n) is 3.38. The van der Waals surface area contributed by atoms with Gasteiger partial charge in [0.1, 0.15) is 5.82 Å². The highest BCUT2D eigenvalue weighted by atomic mass is 127. The van der Waals surface area contributed by atoms with Gasteiger partial charge in [-0.1, -0.05) is 12.8 Å². The number of nitrogens with two attached hydrogens (primary N) is 1. The van der Waals surface area contributed by atoms with Crippen molar-refractivity contribution in [2.75, 3.05) is 19.8 Å². The molecule has 1 heterocycles. The molecule has 3 rings (SSSR count). The maximum atomic E-state index is 13.9. The predicted molar refractivity (Wildman–Crippen MR) is 91.7 cm³/mol. The van der Waals surface area contributed by atoms with E-state index in [0.717, 1.165) is 30.4 Å². The van der Waals surface area contributed by atoms with Crippen molar-refractivity contribution in [3.05, 3.63) is 21.5 Å². The van der Waals surface area contributed by atoms with E-state index in [4.69, 9.17) is 5.73 Å². The molecule has 1 saturated carbocycles. The number of anilines is 1. The average Bonchev–Trinajstić information content (AvgIpc) is 2.99. The third-order valence-corrected chi connectivity index (χ3v) is 5.58. The molecule has 0 unspecified atom stereocenters. The smallest absolute Gasteiger partial charge is 0.201 e. The highest BCUT2D eigenvalue weighted by Crippen LogP contribution is 2.37. The van der Waals surface area contributed by atoms with Gasteiger partial charge in [0.15, 0.2) is 0 Å². The summed E-state index contributed by atoms with van der Waals surface area (Å²) >= 11 is 1.98. The van der Waals surface area contributed by atoms with Crippen molar-refractivity contribution in [3.63, 3.8) is 0 Å². The normalized spacial score (nSPS) is 18.0. The molecule has 6 heteroatoms. The molecular weight excluding hydrogens is 382 g/mol. The van der Waals surface area contributed by atoms with Crippen LogP contribution in [0.5, 0.6) is 0 Å². The van der Waals surface area contributed by atoms with E-state index in [1.54, 1.807) is 12.1 Å². The molecule has 2 aromatic rings. The molecule has 0 spiro atoms. The highest BCUT2D eigenvalue weighted by Gasteiger charge is 2.37. The SMILES string of the molecule is CN(C)C1(Cn2c(N)nc3cc(I)c(F)cc32)CCCC1. The second kappa shape index (κ2) is 5.39. The molecule has 1 aliphatic rings. The molecule has 114 valence electrons. The Morgan fingerprint density at radius 3 is 2.67 bits per heavy atom. The fraction of sp³-hybridized carbons (Fsp3) is 0.533. The van der Waals surface area contributed by atoms with E-state index < -0.39 is 0 Å². The van der Waals surface area contributed by atoms with Crippen LogP contribution in [0.3, 0.4) is 0 Å². The molecule has 0 radical (unpaired) electrons. The maximum Gasteiger partial charge on any atom is 0.201 e. The van der Waals surface area contributed by atoms with Crippen LogP contribution in [0.15, 0.2) is 12.1 Å². The zero-order valence-corrected chi connectivity index (χ0v) is 14.5. The van der Waals surface area contributed by atoms with Crippen molar-refractivity contribution >= 4 is 39.6 Å². The summed E-state index contributed by atoms with van der Waals surface area (Å²) in [6.45, 7) is 0.766. The number of aromatic nitrogens is 2.